The molecule has 0 aliphatic rings. The number of ether oxygens (including phenoxy) is 1. The highest BCUT2D eigenvalue weighted by Crippen LogP contribution is 2.24. The van der Waals surface area contributed by atoms with Crippen molar-refractivity contribution >= 4 is 12.0 Å². The van der Waals surface area contributed by atoms with E-state index in [0.717, 1.165) is 11.8 Å². The molecule has 0 saturated heterocycles. The second kappa shape index (κ2) is 5.57. The Bertz CT molecular complexity index is 585. The normalized spacial score (nSPS) is 10.2. The summed E-state index contributed by atoms with van der Waals surface area (Å²) in [5.41, 5.74) is 10.5. The van der Waals surface area contributed by atoms with E-state index in [9.17, 15) is 4.79 Å². The Hall–Kier alpha value is -2.29. The van der Waals surface area contributed by atoms with E-state index in [1.54, 1.807) is 18.2 Å². The van der Waals surface area contributed by atoms with Crippen LogP contribution >= 0.6 is 0 Å². The third-order valence-corrected chi connectivity index (χ3v) is 3.19. The lowest BCUT2D eigenvalue weighted by Crippen LogP contribution is -2.03. The van der Waals surface area contributed by atoms with E-state index in [1.165, 1.54) is 11.1 Å². The molecule has 0 aliphatic heterocycles. The Kier molecular flexibility index (Phi) is 3.85. The van der Waals surface area contributed by atoms with Crippen LogP contribution in [0.5, 0.6) is 5.75 Å². The highest BCUT2D eigenvalue weighted by atomic mass is 16.5. The Labute approximate surface area is 113 Å². The van der Waals surface area contributed by atoms with Crippen LogP contribution in [-0.4, -0.2) is 6.29 Å². The van der Waals surface area contributed by atoms with Gasteiger partial charge < -0.3 is 10.5 Å². The zero-order valence-corrected chi connectivity index (χ0v) is 11.1. The van der Waals surface area contributed by atoms with Crippen molar-refractivity contribution in [1.82, 2.24) is 0 Å². The van der Waals surface area contributed by atoms with Crippen LogP contribution in [0.2, 0.25) is 0 Å². The molecule has 0 aromatic heterocycles. The number of nitrogen functional groups attached to an aromatic ring is 1. The molecule has 2 rings (SSSR count). The summed E-state index contributed by atoms with van der Waals surface area (Å²) in [5.74, 6) is 0.548. The molecule has 3 heteroatoms. The predicted octanol–water partition coefficient (Wildman–Crippen LogP) is 3.28. The molecule has 0 spiro atoms. The molecule has 2 N–H and O–H groups in total. The third kappa shape index (κ3) is 2.94. The van der Waals surface area contributed by atoms with Crippen molar-refractivity contribution in [3.05, 3.63) is 58.7 Å². The van der Waals surface area contributed by atoms with E-state index in [2.05, 4.69) is 26.0 Å². The van der Waals surface area contributed by atoms with Gasteiger partial charge in [-0.25, -0.2) is 0 Å². The molecule has 3 nitrogen and oxygen atoms in total. The summed E-state index contributed by atoms with van der Waals surface area (Å²) in [7, 11) is 0. The number of hydrogen-bond donors (Lipinski definition) is 1. The molecule has 0 fully saturated rings. The van der Waals surface area contributed by atoms with Gasteiger partial charge in [-0.2, -0.15) is 0 Å². The lowest BCUT2D eigenvalue weighted by molar-refractivity contribution is 0.112. The predicted molar refractivity (Wildman–Crippen MR) is 76.5 cm³/mol. The van der Waals surface area contributed by atoms with Crippen molar-refractivity contribution in [1.29, 1.82) is 0 Å². The first-order valence-electron chi connectivity index (χ1n) is 6.14. The molecule has 2 aromatic rings. The molecule has 0 radical (unpaired) electrons. The maximum Gasteiger partial charge on any atom is 0.150 e. The molecule has 19 heavy (non-hydrogen) atoms. The minimum absolute atomic E-state index is 0.449. The number of anilines is 1. The molecule has 0 amide bonds. The van der Waals surface area contributed by atoms with Crippen molar-refractivity contribution in [3.63, 3.8) is 0 Å². The smallest absolute Gasteiger partial charge is 0.150 e. The molecule has 2 aromatic carbocycles. The summed E-state index contributed by atoms with van der Waals surface area (Å²) in [6, 6.07) is 11.2. The van der Waals surface area contributed by atoms with Crippen LogP contribution < -0.4 is 10.5 Å². The van der Waals surface area contributed by atoms with Crippen molar-refractivity contribution in [2.75, 3.05) is 5.73 Å². The SMILES string of the molecule is Cc1cccc(C)c1COc1cc(C=O)ccc1N. The van der Waals surface area contributed by atoms with Gasteiger partial charge in [0.25, 0.3) is 0 Å². The maximum atomic E-state index is 10.8. The first-order valence-corrected chi connectivity index (χ1v) is 6.14. The second-order valence-corrected chi connectivity index (χ2v) is 4.57. The molecule has 0 bridgehead atoms. The molecular weight excluding hydrogens is 238 g/mol. The number of rotatable bonds is 4. The Balaban J connectivity index is 2.21. The lowest BCUT2D eigenvalue weighted by atomic mass is 10.0. The quantitative estimate of drug-likeness (QED) is 0.673. The molecule has 0 atom stereocenters. The fraction of sp³-hybridized carbons (Fsp3) is 0.188. The van der Waals surface area contributed by atoms with Crippen LogP contribution in [0, 0.1) is 13.8 Å². The average molecular weight is 255 g/mol. The first-order chi connectivity index (χ1) is 9.11. The molecule has 0 unspecified atom stereocenters. The van der Waals surface area contributed by atoms with Crippen molar-refractivity contribution in [3.8, 4) is 5.75 Å². The molecular formula is C16H17NO2. The number of aldehydes is 1. The van der Waals surface area contributed by atoms with E-state index in [-0.39, 0.29) is 0 Å². The third-order valence-electron chi connectivity index (χ3n) is 3.19. The molecule has 0 heterocycles. The summed E-state index contributed by atoms with van der Waals surface area (Å²) in [6.45, 7) is 4.55. The van der Waals surface area contributed by atoms with Gasteiger partial charge in [0.2, 0.25) is 0 Å². The van der Waals surface area contributed by atoms with Crippen LogP contribution in [0.25, 0.3) is 0 Å². The summed E-state index contributed by atoms with van der Waals surface area (Å²) in [4.78, 5) is 10.8. The largest absolute Gasteiger partial charge is 0.487 e. The van der Waals surface area contributed by atoms with Crippen LogP contribution in [-0.2, 0) is 6.61 Å². The number of benzene rings is 2. The van der Waals surface area contributed by atoms with Crippen molar-refractivity contribution in [2.45, 2.75) is 20.5 Å². The fourth-order valence-electron chi connectivity index (χ4n) is 1.98. The monoisotopic (exact) mass is 255 g/mol. The highest BCUT2D eigenvalue weighted by Gasteiger charge is 2.06. The van der Waals surface area contributed by atoms with Crippen molar-refractivity contribution in [2.24, 2.45) is 0 Å². The standard InChI is InChI=1S/C16H17NO2/c1-11-4-3-5-12(2)14(11)10-19-16-8-13(9-18)6-7-15(16)17/h3-9H,10,17H2,1-2H3. The van der Waals surface area contributed by atoms with Gasteiger partial charge in [-0.1, -0.05) is 18.2 Å². The van der Waals surface area contributed by atoms with Crippen LogP contribution in [0.15, 0.2) is 36.4 Å². The summed E-state index contributed by atoms with van der Waals surface area (Å²) < 4.78 is 5.74. The summed E-state index contributed by atoms with van der Waals surface area (Å²) in [5, 5.41) is 0. The molecule has 0 saturated carbocycles. The van der Waals surface area contributed by atoms with Gasteiger partial charge in [0.15, 0.2) is 0 Å². The fourth-order valence-corrected chi connectivity index (χ4v) is 1.98. The van der Waals surface area contributed by atoms with Gasteiger partial charge in [0.1, 0.15) is 18.6 Å². The van der Waals surface area contributed by atoms with Gasteiger partial charge in [-0.05, 0) is 48.7 Å². The van der Waals surface area contributed by atoms with Gasteiger partial charge in [-0.15, -0.1) is 0 Å². The maximum absolute atomic E-state index is 10.8. The second-order valence-electron chi connectivity index (χ2n) is 4.57. The zero-order valence-electron chi connectivity index (χ0n) is 11.1. The van der Waals surface area contributed by atoms with E-state index >= 15 is 0 Å². The molecule has 0 aliphatic carbocycles. The van der Waals surface area contributed by atoms with Gasteiger partial charge in [0, 0.05) is 5.56 Å². The first kappa shape index (κ1) is 13.1. The van der Waals surface area contributed by atoms with Crippen LogP contribution in [0.1, 0.15) is 27.0 Å². The number of nitrogens with two attached hydrogens (primary N) is 1. The van der Waals surface area contributed by atoms with Gasteiger partial charge >= 0.3 is 0 Å². The van der Waals surface area contributed by atoms with Gasteiger partial charge in [0.05, 0.1) is 5.69 Å². The number of aryl methyl sites for hydroxylation is 2. The Morgan fingerprint density at radius 1 is 1.16 bits per heavy atom. The van der Waals surface area contributed by atoms with Gasteiger partial charge in [-0.3, -0.25) is 4.79 Å². The summed E-state index contributed by atoms with van der Waals surface area (Å²) >= 11 is 0. The van der Waals surface area contributed by atoms with E-state index in [4.69, 9.17) is 10.5 Å². The topological polar surface area (TPSA) is 52.3 Å². The van der Waals surface area contributed by atoms with Crippen molar-refractivity contribution < 1.29 is 9.53 Å². The van der Waals surface area contributed by atoms with Crippen LogP contribution in [0.4, 0.5) is 5.69 Å². The lowest BCUT2D eigenvalue weighted by Gasteiger charge is -2.13. The minimum atomic E-state index is 0.449. The zero-order chi connectivity index (χ0) is 13.8. The summed E-state index contributed by atoms with van der Waals surface area (Å²) in [6.07, 6.45) is 0.783. The number of carbonyl (C=O) groups is 1. The average Bonchev–Trinajstić information content (AvgIpc) is 2.40. The Morgan fingerprint density at radius 2 is 1.84 bits per heavy atom. The van der Waals surface area contributed by atoms with E-state index < -0.39 is 0 Å². The van der Waals surface area contributed by atoms with E-state index in [0.29, 0.717) is 23.6 Å². The minimum Gasteiger partial charge on any atom is -0.487 e. The molecule has 98 valence electrons. The highest BCUT2D eigenvalue weighted by molar-refractivity contribution is 5.77. The number of hydrogen-bond acceptors (Lipinski definition) is 3. The van der Waals surface area contributed by atoms with E-state index in [1.807, 2.05) is 6.07 Å². The Morgan fingerprint density at radius 3 is 2.47 bits per heavy atom. The van der Waals surface area contributed by atoms with Crippen LogP contribution in [0.3, 0.4) is 0 Å². The number of carbonyl (C=O) groups excluding carboxylic acids is 1.